The van der Waals surface area contributed by atoms with Gasteiger partial charge in [-0.15, -0.1) is 22.9 Å². The quantitative estimate of drug-likeness (QED) is 0.418. The summed E-state index contributed by atoms with van der Waals surface area (Å²) in [5, 5.41) is 0.688. The zero-order valence-corrected chi connectivity index (χ0v) is 16.5. The van der Waals surface area contributed by atoms with Gasteiger partial charge in [0.1, 0.15) is 5.75 Å². The molecule has 0 aliphatic rings. The Bertz CT molecular complexity index is 611. The Morgan fingerprint density at radius 3 is 2.45 bits per heavy atom. The fourth-order valence-electron chi connectivity index (χ4n) is 1.65. The highest BCUT2D eigenvalue weighted by atomic mass is 79.9. The van der Waals surface area contributed by atoms with Crippen molar-refractivity contribution in [2.45, 2.75) is 12.3 Å². The predicted octanol–water partition coefficient (Wildman–Crippen LogP) is 7.31. The van der Waals surface area contributed by atoms with Gasteiger partial charge in [-0.05, 0) is 56.5 Å². The number of hydrogen-bond acceptors (Lipinski definition) is 2. The van der Waals surface area contributed by atoms with Crippen LogP contribution in [-0.4, -0.2) is 6.61 Å². The maximum Gasteiger partial charge on any atom is 0.139 e. The van der Waals surface area contributed by atoms with E-state index in [1.54, 1.807) is 23.5 Å². The fourth-order valence-corrected chi connectivity index (χ4v) is 4.65. The average Bonchev–Trinajstić information content (AvgIpc) is 2.73. The number of ether oxygens (including phenoxy) is 1. The molecule has 0 spiro atoms. The van der Waals surface area contributed by atoms with Crippen LogP contribution in [0.2, 0.25) is 10.0 Å². The van der Waals surface area contributed by atoms with Gasteiger partial charge >= 0.3 is 0 Å². The van der Waals surface area contributed by atoms with Crippen LogP contribution in [0.1, 0.15) is 22.7 Å². The zero-order chi connectivity index (χ0) is 14.9. The molecule has 2 rings (SSSR count). The summed E-state index contributed by atoms with van der Waals surface area (Å²) in [5.41, 5.74) is 0.767. The number of alkyl halides is 1. The van der Waals surface area contributed by atoms with Gasteiger partial charge in [0.25, 0.3) is 0 Å². The molecular weight excluding hydrogens is 470 g/mol. The van der Waals surface area contributed by atoms with Gasteiger partial charge in [0.15, 0.2) is 0 Å². The summed E-state index contributed by atoms with van der Waals surface area (Å²) in [5.74, 6) is 0.570. The van der Waals surface area contributed by atoms with E-state index in [0.29, 0.717) is 22.4 Å². The van der Waals surface area contributed by atoms with E-state index >= 15 is 0 Å². The lowest BCUT2D eigenvalue weighted by Gasteiger charge is -2.13. The molecule has 1 nitrogen and oxygen atoms in total. The maximum absolute atomic E-state index is 6.51. The van der Waals surface area contributed by atoms with E-state index in [-0.39, 0.29) is 5.38 Å². The zero-order valence-electron chi connectivity index (χ0n) is 10.2. The summed E-state index contributed by atoms with van der Waals surface area (Å²) >= 11 is 27.4. The van der Waals surface area contributed by atoms with Crippen LogP contribution in [0, 0.1) is 0 Å². The lowest BCUT2D eigenvalue weighted by Crippen LogP contribution is -1.96. The molecule has 0 bridgehead atoms. The van der Waals surface area contributed by atoms with E-state index in [1.165, 1.54) is 0 Å². The SMILES string of the molecule is CCOc1cc(Cl)c(C(Cl)c2cc(Br)c(Br)s2)cc1Cl. The molecule has 0 amide bonds. The predicted molar refractivity (Wildman–Crippen MR) is 95.0 cm³/mol. The van der Waals surface area contributed by atoms with Crippen molar-refractivity contribution in [1.82, 2.24) is 0 Å². The molecule has 7 heteroatoms. The van der Waals surface area contributed by atoms with Crippen molar-refractivity contribution in [3.63, 3.8) is 0 Å². The van der Waals surface area contributed by atoms with Gasteiger partial charge in [-0.3, -0.25) is 0 Å². The third kappa shape index (κ3) is 3.65. The van der Waals surface area contributed by atoms with Crippen LogP contribution in [-0.2, 0) is 0 Å². The molecule has 1 heterocycles. The summed E-state index contributed by atoms with van der Waals surface area (Å²) < 4.78 is 7.37. The van der Waals surface area contributed by atoms with Crippen LogP contribution < -0.4 is 4.74 Å². The smallest absolute Gasteiger partial charge is 0.139 e. The van der Waals surface area contributed by atoms with E-state index in [2.05, 4.69) is 31.9 Å². The van der Waals surface area contributed by atoms with Crippen molar-refractivity contribution >= 4 is 78.0 Å². The monoisotopic (exact) mass is 476 g/mol. The number of hydrogen-bond donors (Lipinski definition) is 0. The van der Waals surface area contributed by atoms with Gasteiger partial charge < -0.3 is 4.74 Å². The first-order chi connectivity index (χ1) is 9.43. The second-order valence-corrected chi connectivity index (χ2v) is 8.38. The highest BCUT2D eigenvalue weighted by Gasteiger charge is 2.20. The van der Waals surface area contributed by atoms with Crippen LogP contribution in [0.4, 0.5) is 0 Å². The van der Waals surface area contributed by atoms with Gasteiger partial charge in [-0.25, -0.2) is 0 Å². The van der Waals surface area contributed by atoms with Crippen LogP contribution in [0.5, 0.6) is 5.75 Å². The number of thiophene rings is 1. The summed E-state index contributed by atoms with van der Waals surface area (Å²) in [7, 11) is 0. The molecule has 0 radical (unpaired) electrons. The first-order valence-corrected chi connectivity index (χ1v) is 9.24. The molecular formula is C13H9Br2Cl3OS. The summed E-state index contributed by atoms with van der Waals surface area (Å²) in [6, 6.07) is 5.43. The standard InChI is InChI=1S/C13H9Br2Cl3OS/c1-2-19-10-5-8(16)6(3-9(10)17)12(18)11-4-7(14)13(15)20-11/h3-5,12H,2H2,1H3. The Labute approximate surface area is 153 Å². The third-order valence-electron chi connectivity index (χ3n) is 2.54. The molecule has 1 unspecified atom stereocenters. The van der Waals surface area contributed by atoms with E-state index in [0.717, 1.165) is 18.7 Å². The van der Waals surface area contributed by atoms with Gasteiger partial charge in [0.05, 0.1) is 20.8 Å². The van der Waals surface area contributed by atoms with Gasteiger partial charge in [0.2, 0.25) is 0 Å². The molecule has 1 aromatic heterocycles. The third-order valence-corrected chi connectivity index (χ3v) is 7.08. The fraction of sp³-hybridized carbons (Fsp3) is 0.231. The minimum Gasteiger partial charge on any atom is -0.492 e. The topological polar surface area (TPSA) is 9.23 Å². The average molecular weight is 479 g/mol. The maximum atomic E-state index is 6.51. The molecule has 0 aliphatic heterocycles. The summed E-state index contributed by atoms with van der Waals surface area (Å²) in [6.45, 7) is 2.42. The second-order valence-electron chi connectivity index (χ2n) is 3.87. The van der Waals surface area contributed by atoms with Crippen LogP contribution in [0.25, 0.3) is 0 Å². The lowest BCUT2D eigenvalue weighted by atomic mass is 10.1. The normalized spacial score (nSPS) is 12.5. The minimum absolute atomic E-state index is 0.358. The lowest BCUT2D eigenvalue weighted by molar-refractivity contribution is 0.340. The molecule has 0 saturated heterocycles. The first kappa shape index (κ1) is 16.9. The van der Waals surface area contributed by atoms with E-state index in [9.17, 15) is 0 Å². The van der Waals surface area contributed by atoms with Crippen molar-refractivity contribution in [3.05, 3.63) is 46.9 Å². The Hall–Kier alpha value is 0.550. The molecule has 1 aromatic carbocycles. The van der Waals surface area contributed by atoms with Gasteiger partial charge in [-0.1, -0.05) is 23.2 Å². The molecule has 0 saturated carbocycles. The first-order valence-electron chi connectivity index (χ1n) is 5.64. The van der Waals surface area contributed by atoms with Crippen molar-refractivity contribution in [2.75, 3.05) is 6.61 Å². The van der Waals surface area contributed by atoms with Crippen molar-refractivity contribution < 1.29 is 4.74 Å². The molecule has 0 aliphatic carbocycles. The Kier molecular flexibility index (Phi) is 6.10. The van der Waals surface area contributed by atoms with E-state index in [4.69, 9.17) is 39.5 Å². The Morgan fingerprint density at radius 1 is 1.20 bits per heavy atom. The molecule has 108 valence electrons. The van der Waals surface area contributed by atoms with Crippen LogP contribution in [0.3, 0.4) is 0 Å². The second kappa shape index (κ2) is 7.21. The van der Waals surface area contributed by atoms with Crippen molar-refractivity contribution in [3.8, 4) is 5.75 Å². The largest absolute Gasteiger partial charge is 0.492 e. The highest BCUT2D eigenvalue weighted by molar-refractivity contribution is 9.13. The summed E-state index contributed by atoms with van der Waals surface area (Å²) in [4.78, 5) is 0.979. The Morgan fingerprint density at radius 2 is 1.90 bits per heavy atom. The molecule has 20 heavy (non-hydrogen) atoms. The van der Waals surface area contributed by atoms with E-state index in [1.807, 2.05) is 13.0 Å². The van der Waals surface area contributed by atoms with Crippen molar-refractivity contribution in [2.24, 2.45) is 0 Å². The molecule has 2 aromatic rings. The number of halogens is 5. The number of rotatable bonds is 4. The minimum atomic E-state index is -0.358. The number of benzene rings is 1. The summed E-state index contributed by atoms with van der Waals surface area (Å²) in [6.07, 6.45) is 0. The van der Waals surface area contributed by atoms with Gasteiger partial charge in [-0.2, -0.15) is 0 Å². The van der Waals surface area contributed by atoms with E-state index < -0.39 is 0 Å². The van der Waals surface area contributed by atoms with Crippen LogP contribution in [0.15, 0.2) is 26.5 Å². The molecule has 1 atom stereocenters. The van der Waals surface area contributed by atoms with Crippen molar-refractivity contribution in [1.29, 1.82) is 0 Å². The molecule has 0 fully saturated rings. The molecule has 0 N–H and O–H groups in total. The highest BCUT2D eigenvalue weighted by Crippen LogP contribution is 2.44. The van der Waals surface area contributed by atoms with Gasteiger partial charge in [0, 0.05) is 20.4 Å². The Balaban J connectivity index is 2.39. The van der Waals surface area contributed by atoms with Crippen LogP contribution >= 0.6 is 78.0 Å².